The van der Waals surface area contributed by atoms with Crippen LogP contribution in [0.5, 0.6) is 0 Å². The largest absolute Gasteiger partial charge is 0.481 e. The van der Waals surface area contributed by atoms with Crippen LogP contribution >= 0.6 is 23.2 Å². The summed E-state index contributed by atoms with van der Waals surface area (Å²) < 4.78 is 0. The molecule has 7 heteroatoms. The number of halogens is 2. The van der Waals surface area contributed by atoms with Gasteiger partial charge in [-0.25, -0.2) is 0 Å². The van der Waals surface area contributed by atoms with Crippen molar-refractivity contribution in [3.05, 3.63) is 33.8 Å². The van der Waals surface area contributed by atoms with E-state index in [-0.39, 0.29) is 17.9 Å². The number of carboxylic acid groups (broad SMARTS) is 1. The zero-order chi connectivity index (χ0) is 18.0. The summed E-state index contributed by atoms with van der Waals surface area (Å²) in [6, 6.07) is 4.50. The maximum absolute atomic E-state index is 12.5. The van der Waals surface area contributed by atoms with E-state index < -0.39 is 17.9 Å². The summed E-state index contributed by atoms with van der Waals surface area (Å²) in [5.74, 6) is -1.35. The first-order chi connectivity index (χ1) is 11.2. The number of nitrogens with zero attached hydrogens (tertiary/aromatic N) is 1. The number of carboxylic acids is 1. The minimum Gasteiger partial charge on any atom is -0.481 e. The van der Waals surface area contributed by atoms with E-state index in [9.17, 15) is 14.7 Å². The molecule has 2 unspecified atom stereocenters. The zero-order valence-corrected chi connectivity index (χ0v) is 15.4. The first-order valence-corrected chi connectivity index (χ1v) is 8.68. The average molecular weight is 373 g/mol. The molecule has 1 fully saturated rings. The fourth-order valence-corrected chi connectivity index (χ4v) is 3.64. The van der Waals surface area contributed by atoms with Crippen molar-refractivity contribution in [1.82, 2.24) is 10.2 Å². The second-order valence-corrected chi connectivity index (χ2v) is 7.29. The normalized spacial score (nSPS) is 23.7. The lowest BCUT2D eigenvalue weighted by atomic mass is 9.99. The van der Waals surface area contributed by atoms with Crippen molar-refractivity contribution in [3.63, 3.8) is 0 Å². The Kier molecular flexibility index (Phi) is 6.12. The minimum absolute atomic E-state index is 0.0286. The van der Waals surface area contributed by atoms with Gasteiger partial charge in [0.2, 0.25) is 5.91 Å². The van der Waals surface area contributed by atoms with Crippen LogP contribution in [-0.4, -0.2) is 41.0 Å². The van der Waals surface area contributed by atoms with Crippen LogP contribution in [0, 0.1) is 11.8 Å². The Morgan fingerprint density at radius 3 is 2.50 bits per heavy atom. The highest BCUT2D eigenvalue weighted by Gasteiger charge is 2.38. The van der Waals surface area contributed by atoms with Gasteiger partial charge in [-0.1, -0.05) is 36.2 Å². The predicted octanol–water partition coefficient (Wildman–Crippen LogP) is 3.21. The molecule has 1 heterocycles. The van der Waals surface area contributed by atoms with Crippen molar-refractivity contribution in [2.45, 2.75) is 32.9 Å². The fourth-order valence-electron chi connectivity index (χ4n) is 3.07. The summed E-state index contributed by atoms with van der Waals surface area (Å²) in [5, 5.41) is 13.2. The Hall–Kier alpha value is -1.30. The summed E-state index contributed by atoms with van der Waals surface area (Å²) in [7, 11) is 0. The Balaban J connectivity index is 2.00. The van der Waals surface area contributed by atoms with Crippen LogP contribution in [0.25, 0.3) is 0 Å². The molecule has 0 bridgehead atoms. The molecular formula is C17H22Cl2N2O3. The van der Waals surface area contributed by atoms with Gasteiger partial charge in [0.05, 0.1) is 18.0 Å². The predicted molar refractivity (Wildman–Crippen MR) is 94.3 cm³/mol. The smallest absolute Gasteiger partial charge is 0.308 e. The van der Waals surface area contributed by atoms with Crippen LogP contribution in [0.3, 0.4) is 0 Å². The number of benzene rings is 1. The van der Waals surface area contributed by atoms with Gasteiger partial charge in [-0.2, -0.15) is 0 Å². The van der Waals surface area contributed by atoms with Crippen LogP contribution in [0.4, 0.5) is 0 Å². The van der Waals surface area contributed by atoms with Gasteiger partial charge < -0.3 is 10.4 Å². The summed E-state index contributed by atoms with van der Waals surface area (Å²) in [4.78, 5) is 25.6. The first-order valence-electron chi connectivity index (χ1n) is 7.93. The zero-order valence-electron chi connectivity index (χ0n) is 13.9. The maximum Gasteiger partial charge on any atom is 0.308 e. The van der Waals surface area contributed by atoms with Gasteiger partial charge in [-0.05, 0) is 37.5 Å². The molecule has 0 aliphatic carbocycles. The molecule has 1 amide bonds. The van der Waals surface area contributed by atoms with Gasteiger partial charge in [0.1, 0.15) is 0 Å². The molecule has 0 spiro atoms. The van der Waals surface area contributed by atoms with Crippen molar-refractivity contribution in [2.24, 2.45) is 11.8 Å². The van der Waals surface area contributed by atoms with E-state index in [1.165, 1.54) is 0 Å². The highest BCUT2D eigenvalue weighted by molar-refractivity contribution is 6.35. The molecule has 1 aliphatic heterocycles. The lowest BCUT2D eigenvalue weighted by molar-refractivity contribution is -0.142. The number of rotatable bonds is 5. The minimum atomic E-state index is -0.807. The molecule has 1 saturated heterocycles. The van der Waals surface area contributed by atoms with E-state index >= 15 is 0 Å². The molecule has 132 valence electrons. The van der Waals surface area contributed by atoms with Gasteiger partial charge in [-0.3, -0.25) is 14.5 Å². The van der Waals surface area contributed by atoms with Crippen LogP contribution in [0.1, 0.15) is 32.4 Å². The quantitative estimate of drug-likeness (QED) is 0.832. The Bertz CT molecular complexity index is 638. The molecule has 0 radical (unpaired) electrons. The van der Waals surface area contributed by atoms with Gasteiger partial charge in [0.15, 0.2) is 0 Å². The lowest BCUT2D eigenvalue weighted by Crippen LogP contribution is -2.45. The number of hydrogen-bond acceptors (Lipinski definition) is 3. The number of carbonyl (C=O) groups excluding carboxylic acids is 1. The highest BCUT2D eigenvalue weighted by atomic mass is 35.5. The Morgan fingerprint density at radius 2 is 1.96 bits per heavy atom. The number of carbonyl (C=O) groups is 2. The summed E-state index contributed by atoms with van der Waals surface area (Å²) in [5.41, 5.74) is 0.791. The van der Waals surface area contributed by atoms with E-state index in [0.29, 0.717) is 23.1 Å². The van der Waals surface area contributed by atoms with Crippen molar-refractivity contribution in [1.29, 1.82) is 0 Å². The second-order valence-electron chi connectivity index (χ2n) is 6.45. The average Bonchev–Trinajstić information content (AvgIpc) is 2.88. The van der Waals surface area contributed by atoms with Gasteiger partial charge in [-0.15, -0.1) is 0 Å². The van der Waals surface area contributed by atoms with Crippen LogP contribution in [0.15, 0.2) is 18.2 Å². The van der Waals surface area contributed by atoms with E-state index in [0.717, 1.165) is 5.56 Å². The summed E-state index contributed by atoms with van der Waals surface area (Å²) in [6.45, 7) is 6.54. The van der Waals surface area contributed by atoms with Crippen LogP contribution in [-0.2, 0) is 9.59 Å². The Labute approximate surface area is 151 Å². The molecule has 5 nitrogen and oxygen atoms in total. The third-order valence-corrected chi connectivity index (χ3v) is 5.24. The van der Waals surface area contributed by atoms with Crippen molar-refractivity contribution in [3.8, 4) is 0 Å². The number of nitrogens with one attached hydrogen (secondary N) is 1. The number of hydrogen-bond donors (Lipinski definition) is 2. The standard InChI is InChI=1S/C17H22Cl2N2O3/c1-9-7-21(8-14(9)17(23)24)11(3)16(22)20-10(2)13-5-4-12(18)6-15(13)19/h4-6,9-11,14H,7-8H2,1-3H3,(H,20,22)(H,23,24)/t9-,10?,11?,14-/m1/s1. The SMILES string of the molecule is CC(NC(=O)C(C)N1C[C@@H](C)[C@H](C(=O)O)C1)c1ccc(Cl)cc1Cl. The van der Waals surface area contributed by atoms with Crippen LogP contribution in [0.2, 0.25) is 10.0 Å². The van der Waals surface area contributed by atoms with Gasteiger partial charge >= 0.3 is 5.97 Å². The fraction of sp³-hybridized carbons (Fsp3) is 0.529. The van der Waals surface area contributed by atoms with E-state index in [1.54, 1.807) is 25.1 Å². The topological polar surface area (TPSA) is 69.6 Å². The molecule has 1 aromatic carbocycles. The molecule has 2 rings (SSSR count). The molecule has 0 aromatic heterocycles. The van der Waals surface area contributed by atoms with Crippen molar-refractivity contribution < 1.29 is 14.7 Å². The summed E-state index contributed by atoms with van der Waals surface area (Å²) in [6.07, 6.45) is 0. The molecule has 2 N–H and O–H groups in total. The third kappa shape index (κ3) is 4.21. The number of likely N-dealkylation sites (tertiary alicyclic amines) is 1. The molecule has 24 heavy (non-hydrogen) atoms. The second kappa shape index (κ2) is 7.72. The Morgan fingerprint density at radius 1 is 1.29 bits per heavy atom. The monoisotopic (exact) mass is 372 g/mol. The number of aliphatic carboxylic acids is 1. The molecule has 4 atom stereocenters. The molecule has 1 aliphatic rings. The number of amides is 1. The maximum atomic E-state index is 12.5. The lowest BCUT2D eigenvalue weighted by Gasteiger charge is -2.25. The first kappa shape index (κ1) is 19.0. The summed E-state index contributed by atoms with van der Waals surface area (Å²) >= 11 is 12.1. The van der Waals surface area contributed by atoms with Crippen molar-refractivity contribution in [2.75, 3.05) is 13.1 Å². The molecule has 1 aromatic rings. The third-order valence-electron chi connectivity index (χ3n) is 4.67. The van der Waals surface area contributed by atoms with Crippen molar-refractivity contribution >= 4 is 35.1 Å². The van der Waals surface area contributed by atoms with E-state index in [1.807, 2.05) is 18.7 Å². The highest BCUT2D eigenvalue weighted by Crippen LogP contribution is 2.27. The van der Waals surface area contributed by atoms with E-state index in [2.05, 4.69) is 5.32 Å². The molecule has 0 saturated carbocycles. The van der Waals surface area contributed by atoms with Gasteiger partial charge in [0.25, 0.3) is 0 Å². The molecular weight excluding hydrogens is 351 g/mol. The van der Waals surface area contributed by atoms with Crippen LogP contribution < -0.4 is 5.32 Å². The van der Waals surface area contributed by atoms with E-state index in [4.69, 9.17) is 23.2 Å². The van der Waals surface area contributed by atoms with Gasteiger partial charge in [0, 0.05) is 23.1 Å².